The second-order valence-corrected chi connectivity index (χ2v) is 9.93. The molecule has 0 unspecified atom stereocenters. The zero-order valence-electron chi connectivity index (χ0n) is 17.6. The average Bonchev–Trinajstić information content (AvgIpc) is 3.51. The van der Waals surface area contributed by atoms with Crippen molar-refractivity contribution in [1.82, 2.24) is 34.1 Å². The molecule has 11 nitrogen and oxygen atoms in total. The number of hydrogen-bond acceptors (Lipinski definition) is 8. The molecule has 13 heteroatoms. The van der Waals surface area contributed by atoms with Crippen molar-refractivity contribution in [2.45, 2.75) is 21.9 Å². The van der Waals surface area contributed by atoms with Crippen LogP contribution in [0.4, 0.5) is 17.5 Å². The van der Waals surface area contributed by atoms with Crippen LogP contribution in [0.1, 0.15) is 5.69 Å². The quantitative estimate of drug-likeness (QED) is 0.302. The Kier molecular flexibility index (Phi) is 5.26. The van der Waals surface area contributed by atoms with Gasteiger partial charge in [-0.3, -0.25) is 14.2 Å². The number of H-pyrrole nitrogens is 1. The average molecular weight is 482 g/mol. The number of nitrogens with zero attached hydrogens (tertiary/aromatic N) is 6. The Balaban J connectivity index is 1.36. The molecule has 4 aromatic heterocycles. The summed E-state index contributed by atoms with van der Waals surface area (Å²) in [5, 5.41) is 11.1. The van der Waals surface area contributed by atoms with Crippen molar-refractivity contribution in [2.24, 2.45) is 7.05 Å². The first-order chi connectivity index (χ1) is 15.9. The molecule has 0 bridgehead atoms. The summed E-state index contributed by atoms with van der Waals surface area (Å²) in [5.74, 6) is 1.24. The van der Waals surface area contributed by atoms with Gasteiger partial charge in [0.15, 0.2) is 10.8 Å². The molecule has 0 aliphatic rings. The van der Waals surface area contributed by atoms with E-state index < -0.39 is 10.0 Å². The van der Waals surface area contributed by atoms with E-state index in [9.17, 15) is 8.42 Å². The van der Waals surface area contributed by atoms with E-state index in [0.29, 0.717) is 17.5 Å². The maximum absolute atomic E-state index is 12.5. The molecule has 5 aromatic rings. The van der Waals surface area contributed by atoms with Gasteiger partial charge in [0.1, 0.15) is 10.7 Å². The van der Waals surface area contributed by atoms with Crippen LogP contribution >= 0.6 is 11.8 Å². The van der Waals surface area contributed by atoms with Gasteiger partial charge in [-0.25, -0.2) is 15.0 Å². The van der Waals surface area contributed by atoms with E-state index in [4.69, 9.17) is 4.98 Å². The maximum Gasteiger partial charge on any atom is 0.279 e. The third-order valence-electron chi connectivity index (χ3n) is 4.69. The van der Waals surface area contributed by atoms with E-state index in [1.165, 1.54) is 28.9 Å². The summed E-state index contributed by atoms with van der Waals surface area (Å²) in [7, 11) is -2.09. The largest absolute Gasteiger partial charge is 0.323 e. The van der Waals surface area contributed by atoms with Gasteiger partial charge >= 0.3 is 0 Å². The molecule has 168 valence electrons. The van der Waals surface area contributed by atoms with Crippen molar-refractivity contribution in [1.29, 1.82) is 0 Å². The molecule has 0 spiro atoms. The highest BCUT2D eigenvalue weighted by molar-refractivity contribution is 7.99. The van der Waals surface area contributed by atoms with E-state index in [2.05, 4.69) is 30.2 Å². The van der Waals surface area contributed by atoms with E-state index in [0.717, 1.165) is 21.3 Å². The Bertz CT molecular complexity index is 1540. The number of aryl methyl sites for hydroxylation is 2. The predicted octanol–water partition coefficient (Wildman–Crippen LogP) is 3.19. The number of imidazole rings is 2. The Labute approximate surface area is 193 Å². The molecule has 0 atom stereocenters. The summed E-state index contributed by atoms with van der Waals surface area (Å²) >= 11 is 1.44. The smallest absolute Gasteiger partial charge is 0.279 e. The second-order valence-electron chi connectivity index (χ2n) is 7.21. The van der Waals surface area contributed by atoms with Crippen LogP contribution in [0.5, 0.6) is 0 Å². The molecule has 0 saturated carbocycles. The first-order valence-electron chi connectivity index (χ1n) is 9.77. The van der Waals surface area contributed by atoms with Gasteiger partial charge in [-0.1, -0.05) is 11.8 Å². The van der Waals surface area contributed by atoms with E-state index in [1.807, 2.05) is 41.8 Å². The number of fused-ring (bicyclic) bond motifs is 1. The van der Waals surface area contributed by atoms with Crippen LogP contribution in [0.25, 0.3) is 5.65 Å². The van der Waals surface area contributed by atoms with Crippen molar-refractivity contribution in [3.05, 3.63) is 67.0 Å². The van der Waals surface area contributed by atoms with Crippen LogP contribution < -0.4 is 10.0 Å². The lowest BCUT2D eigenvalue weighted by molar-refractivity contribution is 0.591. The number of benzene rings is 1. The van der Waals surface area contributed by atoms with Gasteiger partial charge in [0.2, 0.25) is 5.95 Å². The van der Waals surface area contributed by atoms with Gasteiger partial charge in [0, 0.05) is 47.9 Å². The minimum Gasteiger partial charge on any atom is -0.323 e. The number of aromatic nitrogens is 7. The summed E-state index contributed by atoms with van der Waals surface area (Å²) in [6.07, 6.45) is 6.27. The number of hydrogen-bond donors (Lipinski definition) is 3. The fourth-order valence-corrected chi connectivity index (χ4v) is 5.15. The molecule has 0 fully saturated rings. The first kappa shape index (κ1) is 21.0. The zero-order valence-corrected chi connectivity index (χ0v) is 19.2. The normalized spacial score (nSPS) is 11.7. The number of aromatic amines is 1. The molecular weight excluding hydrogens is 462 g/mol. The van der Waals surface area contributed by atoms with Gasteiger partial charge in [0.05, 0.1) is 12.5 Å². The number of sulfonamides is 1. The minimum absolute atomic E-state index is 0.0882. The highest BCUT2D eigenvalue weighted by Gasteiger charge is 2.18. The molecule has 1 aromatic carbocycles. The molecule has 0 amide bonds. The monoisotopic (exact) mass is 481 g/mol. The number of nitrogens with one attached hydrogen (secondary N) is 3. The van der Waals surface area contributed by atoms with Crippen molar-refractivity contribution in [3.63, 3.8) is 0 Å². The second kappa shape index (κ2) is 8.26. The topological polar surface area (TPSA) is 135 Å². The predicted molar refractivity (Wildman–Crippen MR) is 124 cm³/mol. The highest BCUT2D eigenvalue weighted by Crippen LogP contribution is 2.30. The summed E-state index contributed by atoms with van der Waals surface area (Å²) in [6.45, 7) is 1.92. The lowest BCUT2D eigenvalue weighted by atomic mass is 10.3. The fourth-order valence-electron chi connectivity index (χ4n) is 3.16. The molecule has 3 N–H and O–H groups in total. The first-order valence-corrected chi connectivity index (χ1v) is 12.1. The molecule has 5 rings (SSSR count). The molecule has 0 aliphatic carbocycles. The van der Waals surface area contributed by atoms with Crippen LogP contribution in [0, 0.1) is 6.92 Å². The third kappa shape index (κ3) is 4.40. The summed E-state index contributed by atoms with van der Waals surface area (Å²) in [5.41, 5.74) is 2.13. The Morgan fingerprint density at radius 3 is 2.67 bits per heavy atom. The van der Waals surface area contributed by atoms with Crippen LogP contribution in [-0.4, -0.2) is 42.5 Å². The van der Waals surface area contributed by atoms with Crippen LogP contribution in [-0.2, 0) is 17.1 Å². The van der Waals surface area contributed by atoms with Crippen LogP contribution in [0.3, 0.4) is 0 Å². The number of rotatable bonds is 7. The lowest BCUT2D eigenvalue weighted by Crippen LogP contribution is -2.15. The SMILES string of the molecule is Cc1cc(Nc2nc(Sc3ccc(NS(=O)(=O)c4cncn4C)cc3)cc3nccn23)n[nH]1. The summed E-state index contributed by atoms with van der Waals surface area (Å²) < 4.78 is 30.9. The van der Waals surface area contributed by atoms with Crippen molar-refractivity contribution in [3.8, 4) is 0 Å². The van der Waals surface area contributed by atoms with Gasteiger partial charge in [0.25, 0.3) is 10.0 Å². The van der Waals surface area contributed by atoms with Gasteiger partial charge in [-0.15, -0.1) is 0 Å². The minimum atomic E-state index is -3.72. The lowest BCUT2D eigenvalue weighted by Gasteiger charge is -2.10. The van der Waals surface area contributed by atoms with Crippen molar-refractivity contribution >= 4 is 44.9 Å². The molecule has 0 aliphatic heterocycles. The maximum atomic E-state index is 12.5. The Morgan fingerprint density at radius 2 is 1.97 bits per heavy atom. The highest BCUT2D eigenvalue weighted by atomic mass is 32.2. The molecule has 0 saturated heterocycles. The van der Waals surface area contributed by atoms with E-state index >= 15 is 0 Å². The van der Waals surface area contributed by atoms with Crippen LogP contribution in [0.15, 0.2) is 76.3 Å². The Hall–Kier alpha value is -3.84. The van der Waals surface area contributed by atoms with E-state index in [-0.39, 0.29) is 5.03 Å². The molecule has 33 heavy (non-hydrogen) atoms. The van der Waals surface area contributed by atoms with Gasteiger partial charge in [-0.2, -0.15) is 13.5 Å². The molecule has 4 heterocycles. The van der Waals surface area contributed by atoms with Crippen LogP contribution in [0.2, 0.25) is 0 Å². The van der Waals surface area contributed by atoms with Crippen molar-refractivity contribution in [2.75, 3.05) is 10.0 Å². The summed E-state index contributed by atoms with van der Waals surface area (Å²) in [4.78, 5) is 13.8. The van der Waals surface area contributed by atoms with E-state index in [1.54, 1.807) is 25.4 Å². The molecular formula is C20H19N9O2S2. The number of anilines is 3. The standard InChI is InChI=1S/C20H19N9O2S2/c1-13-9-16(26-25-13)23-20-24-18(10-17-22-7-8-29(17)20)32-15-5-3-14(4-6-15)27-33(30,31)19-11-21-12-28(19)2/h3-12,27H,1-2H3,(H2,23,24,25,26). The zero-order chi connectivity index (χ0) is 23.0. The summed E-state index contributed by atoms with van der Waals surface area (Å²) in [6, 6.07) is 10.8. The van der Waals surface area contributed by atoms with Gasteiger partial charge < -0.3 is 9.88 Å². The molecule has 0 radical (unpaired) electrons. The Morgan fingerprint density at radius 1 is 1.15 bits per heavy atom. The van der Waals surface area contributed by atoms with Crippen molar-refractivity contribution < 1.29 is 8.42 Å². The van der Waals surface area contributed by atoms with Gasteiger partial charge in [-0.05, 0) is 31.2 Å². The third-order valence-corrected chi connectivity index (χ3v) is 7.06. The fraction of sp³-hybridized carbons (Fsp3) is 0.100.